The summed E-state index contributed by atoms with van der Waals surface area (Å²) in [4.78, 5) is 17.2. The maximum Gasteiger partial charge on any atom is 0.230 e. The lowest BCUT2D eigenvalue weighted by Crippen LogP contribution is -2.42. The molecule has 2 aliphatic rings. The minimum Gasteiger partial charge on any atom is -0.317 e. The number of carbonyl (C=O) groups is 1. The van der Waals surface area contributed by atoms with Crippen LogP contribution in [0.15, 0.2) is 24.3 Å². The summed E-state index contributed by atoms with van der Waals surface area (Å²) in [7, 11) is 2.12. The average Bonchev–Trinajstić information content (AvgIpc) is 2.66. The first-order chi connectivity index (χ1) is 9.75. The molecule has 22 heavy (non-hydrogen) atoms. The van der Waals surface area contributed by atoms with E-state index in [0.29, 0.717) is 5.91 Å². The number of carbonyl (C=O) groups excluding carboxylic acids is 1. The molecule has 6 heteroatoms. The molecule has 0 aliphatic carbocycles. The second-order valence-corrected chi connectivity index (χ2v) is 5.88. The zero-order valence-corrected chi connectivity index (χ0v) is 14.6. The number of nitrogens with zero attached hydrogens (tertiary/aromatic N) is 2. The topological polar surface area (TPSA) is 35.6 Å². The van der Waals surface area contributed by atoms with Crippen molar-refractivity contribution in [1.29, 1.82) is 0 Å². The highest BCUT2D eigenvalue weighted by Gasteiger charge is 2.29. The fourth-order valence-electron chi connectivity index (χ4n) is 3.19. The van der Waals surface area contributed by atoms with E-state index in [-0.39, 0.29) is 30.7 Å². The smallest absolute Gasteiger partial charge is 0.230 e. The van der Waals surface area contributed by atoms with Crippen LogP contribution in [-0.2, 0) is 11.3 Å². The van der Waals surface area contributed by atoms with Crippen molar-refractivity contribution in [3.63, 3.8) is 0 Å². The van der Waals surface area contributed by atoms with Gasteiger partial charge in [0, 0.05) is 31.2 Å². The lowest BCUT2D eigenvalue weighted by molar-refractivity contribution is -0.123. The number of amides is 1. The van der Waals surface area contributed by atoms with Gasteiger partial charge in [0.25, 0.3) is 0 Å². The largest absolute Gasteiger partial charge is 0.317 e. The minimum atomic E-state index is 0. The number of fused-ring (bicyclic) bond motifs is 1. The highest BCUT2D eigenvalue weighted by Crippen LogP contribution is 2.27. The van der Waals surface area contributed by atoms with E-state index in [0.717, 1.165) is 51.3 Å². The molecule has 124 valence electrons. The maximum absolute atomic E-state index is 12.9. The first-order valence-corrected chi connectivity index (χ1v) is 7.54. The normalized spacial score (nSPS) is 19.4. The quantitative estimate of drug-likeness (QED) is 0.848. The van der Waals surface area contributed by atoms with E-state index >= 15 is 0 Å². The summed E-state index contributed by atoms with van der Waals surface area (Å²) >= 11 is 0. The summed E-state index contributed by atoms with van der Waals surface area (Å²) in [5.74, 6) is 0.502. The van der Waals surface area contributed by atoms with Gasteiger partial charge < -0.3 is 15.1 Å². The Kier molecular flexibility index (Phi) is 7.63. The predicted molar refractivity (Wildman–Crippen MR) is 95.2 cm³/mol. The fraction of sp³-hybridized carbons (Fsp3) is 0.562. The molecule has 0 unspecified atom stereocenters. The molecule has 0 saturated carbocycles. The first-order valence-electron chi connectivity index (χ1n) is 7.54. The van der Waals surface area contributed by atoms with Crippen molar-refractivity contribution in [2.24, 2.45) is 5.92 Å². The summed E-state index contributed by atoms with van der Waals surface area (Å²) in [6.45, 7) is 4.59. The summed E-state index contributed by atoms with van der Waals surface area (Å²) in [5, 5.41) is 3.33. The van der Waals surface area contributed by atoms with Crippen LogP contribution in [0.4, 0.5) is 5.69 Å². The van der Waals surface area contributed by atoms with Gasteiger partial charge >= 0.3 is 0 Å². The first kappa shape index (κ1) is 19.2. The molecule has 1 fully saturated rings. The molecule has 4 nitrogen and oxygen atoms in total. The summed E-state index contributed by atoms with van der Waals surface area (Å²) < 4.78 is 0. The highest BCUT2D eigenvalue weighted by molar-refractivity contribution is 5.96. The van der Waals surface area contributed by atoms with Gasteiger partial charge in [-0.05, 0) is 44.6 Å². The van der Waals surface area contributed by atoms with E-state index in [9.17, 15) is 4.79 Å². The Balaban J connectivity index is 0.00000121. The molecule has 2 aliphatic heterocycles. The van der Waals surface area contributed by atoms with Crippen LogP contribution in [0.25, 0.3) is 0 Å². The van der Waals surface area contributed by atoms with E-state index in [4.69, 9.17) is 0 Å². The molecule has 1 saturated heterocycles. The van der Waals surface area contributed by atoms with Gasteiger partial charge in [-0.2, -0.15) is 0 Å². The van der Waals surface area contributed by atoms with E-state index in [1.165, 1.54) is 5.56 Å². The number of hydrogen-bond acceptors (Lipinski definition) is 3. The van der Waals surface area contributed by atoms with Crippen molar-refractivity contribution in [2.45, 2.75) is 19.4 Å². The number of halogens is 2. The van der Waals surface area contributed by atoms with Crippen molar-refractivity contribution in [3.8, 4) is 0 Å². The molecule has 0 aromatic heterocycles. The van der Waals surface area contributed by atoms with Crippen LogP contribution >= 0.6 is 24.8 Å². The molecular formula is C16H25Cl2N3O. The number of para-hydroxylation sites is 1. The Hall–Kier alpha value is -0.810. The molecule has 0 radical (unpaired) electrons. The number of rotatable bonds is 1. The summed E-state index contributed by atoms with van der Waals surface area (Å²) in [5.41, 5.74) is 2.37. The van der Waals surface area contributed by atoms with Crippen molar-refractivity contribution in [1.82, 2.24) is 10.2 Å². The van der Waals surface area contributed by atoms with Gasteiger partial charge in [0.05, 0.1) is 0 Å². The van der Waals surface area contributed by atoms with Crippen molar-refractivity contribution in [2.75, 3.05) is 38.1 Å². The minimum absolute atomic E-state index is 0. The number of benzene rings is 1. The molecule has 0 spiro atoms. The Morgan fingerprint density at radius 2 is 1.82 bits per heavy atom. The molecule has 2 heterocycles. The third kappa shape index (κ3) is 4.13. The zero-order chi connectivity index (χ0) is 13.9. The van der Waals surface area contributed by atoms with Gasteiger partial charge in [-0.1, -0.05) is 18.2 Å². The average molecular weight is 346 g/mol. The van der Waals surface area contributed by atoms with Gasteiger partial charge in [0.15, 0.2) is 0 Å². The standard InChI is InChI=1S/C16H23N3O.2ClH/c1-18-10-11-19(15-5-3-2-4-14(15)12-18)16(20)13-6-8-17-9-7-13;;/h2-5,13,17H,6-12H2,1H3;2*1H. The van der Waals surface area contributed by atoms with Crippen LogP contribution in [-0.4, -0.2) is 44.0 Å². The molecule has 0 bridgehead atoms. The summed E-state index contributed by atoms with van der Waals surface area (Å²) in [6, 6.07) is 8.32. The Bertz CT molecular complexity index is 492. The van der Waals surface area contributed by atoms with Crippen molar-refractivity contribution >= 4 is 36.4 Å². The second kappa shape index (κ2) is 8.73. The predicted octanol–water partition coefficient (Wildman–Crippen LogP) is 2.31. The van der Waals surface area contributed by atoms with Crippen LogP contribution in [0.5, 0.6) is 0 Å². The highest BCUT2D eigenvalue weighted by atomic mass is 35.5. The Morgan fingerprint density at radius 3 is 2.55 bits per heavy atom. The van der Waals surface area contributed by atoms with E-state index in [1.807, 2.05) is 11.0 Å². The number of nitrogens with one attached hydrogen (secondary N) is 1. The second-order valence-electron chi connectivity index (χ2n) is 5.88. The SMILES string of the molecule is CN1CCN(C(=O)C2CCNCC2)c2ccccc2C1.Cl.Cl. The van der Waals surface area contributed by atoms with Crippen molar-refractivity contribution < 1.29 is 4.79 Å². The van der Waals surface area contributed by atoms with Gasteiger partial charge in [-0.15, -0.1) is 24.8 Å². The van der Waals surface area contributed by atoms with Crippen LogP contribution in [0.3, 0.4) is 0 Å². The zero-order valence-electron chi connectivity index (χ0n) is 13.0. The lowest BCUT2D eigenvalue weighted by Gasteiger charge is -2.29. The molecule has 3 rings (SSSR count). The maximum atomic E-state index is 12.9. The Labute approximate surface area is 145 Å². The molecule has 1 aromatic rings. The van der Waals surface area contributed by atoms with Crippen molar-refractivity contribution in [3.05, 3.63) is 29.8 Å². The number of anilines is 1. The number of hydrogen-bond donors (Lipinski definition) is 1. The molecule has 1 amide bonds. The van der Waals surface area contributed by atoms with E-state index < -0.39 is 0 Å². The lowest BCUT2D eigenvalue weighted by atomic mass is 9.96. The van der Waals surface area contributed by atoms with Gasteiger partial charge in [-0.3, -0.25) is 4.79 Å². The number of piperidine rings is 1. The third-order valence-electron chi connectivity index (χ3n) is 4.38. The van der Waals surface area contributed by atoms with Gasteiger partial charge in [0.2, 0.25) is 5.91 Å². The van der Waals surface area contributed by atoms with Crippen LogP contribution in [0.1, 0.15) is 18.4 Å². The third-order valence-corrected chi connectivity index (χ3v) is 4.38. The van der Waals surface area contributed by atoms with Crippen LogP contribution in [0.2, 0.25) is 0 Å². The van der Waals surface area contributed by atoms with E-state index in [2.05, 4.69) is 35.5 Å². The monoisotopic (exact) mass is 345 g/mol. The van der Waals surface area contributed by atoms with E-state index in [1.54, 1.807) is 0 Å². The fourth-order valence-corrected chi connectivity index (χ4v) is 3.19. The molecule has 1 N–H and O–H groups in total. The van der Waals surface area contributed by atoms with Gasteiger partial charge in [-0.25, -0.2) is 0 Å². The molecular weight excluding hydrogens is 321 g/mol. The van der Waals surface area contributed by atoms with Gasteiger partial charge in [0.1, 0.15) is 0 Å². The summed E-state index contributed by atoms with van der Waals surface area (Å²) in [6.07, 6.45) is 1.93. The number of likely N-dealkylation sites (N-methyl/N-ethyl adjacent to an activating group) is 1. The molecule has 0 atom stereocenters. The Morgan fingerprint density at radius 1 is 1.14 bits per heavy atom. The van der Waals surface area contributed by atoms with Crippen LogP contribution in [0, 0.1) is 5.92 Å². The van der Waals surface area contributed by atoms with Crippen LogP contribution < -0.4 is 10.2 Å². The molecule has 1 aromatic carbocycles.